The first-order valence-corrected chi connectivity index (χ1v) is 8.10. The van der Waals surface area contributed by atoms with Crippen molar-refractivity contribution in [3.8, 4) is 0 Å². The number of hydrogen-bond acceptors (Lipinski definition) is 4. The molecule has 0 atom stereocenters. The molecule has 0 aliphatic carbocycles. The first kappa shape index (κ1) is 17.0. The highest BCUT2D eigenvalue weighted by atomic mass is 35.5. The van der Waals surface area contributed by atoms with Crippen molar-refractivity contribution in [2.45, 2.75) is 20.8 Å². The van der Waals surface area contributed by atoms with Crippen molar-refractivity contribution in [1.29, 1.82) is 0 Å². The lowest BCUT2D eigenvalue weighted by Gasteiger charge is -2.09. The Balaban J connectivity index is 1.92. The fourth-order valence-corrected chi connectivity index (χ4v) is 2.63. The molecule has 6 heteroatoms. The van der Waals surface area contributed by atoms with E-state index in [1.807, 2.05) is 26.0 Å². The normalized spacial score (nSPS) is 10.7. The minimum atomic E-state index is -0.451. The largest absolute Gasteiger partial charge is 0.321 e. The molecule has 1 N–H and O–H groups in total. The number of benzene rings is 2. The maximum atomic E-state index is 12.5. The molecule has 0 bridgehead atoms. The second-order valence-electron chi connectivity index (χ2n) is 5.88. The van der Waals surface area contributed by atoms with Gasteiger partial charge in [-0.25, -0.2) is 9.97 Å². The van der Waals surface area contributed by atoms with E-state index in [-0.39, 0.29) is 16.6 Å². The Kier molecular flexibility index (Phi) is 4.51. The van der Waals surface area contributed by atoms with Crippen LogP contribution < -0.4 is 5.32 Å². The van der Waals surface area contributed by atoms with Gasteiger partial charge in [-0.1, -0.05) is 11.6 Å². The van der Waals surface area contributed by atoms with E-state index in [0.29, 0.717) is 22.3 Å². The number of carbonyl (C=O) groups excluding carboxylic acids is 2. The third-order valence-corrected chi connectivity index (χ3v) is 4.27. The van der Waals surface area contributed by atoms with Crippen LogP contribution in [0.5, 0.6) is 0 Å². The summed E-state index contributed by atoms with van der Waals surface area (Å²) in [7, 11) is 0. The summed E-state index contributed by atoms with van der Waals surface area (Å²) in [6.45, 7) is 5.44. The molecule has 1 amide bonds. The van der Waals surface area contributed by atoms with E-state index in [4.69, 9.17) is 11.6 Å². The van der Waals surface area contributed by atoms with Gasteiger partial charge in [0.25, 0.3) is 5.91 Å². The van der Waals surface area contributed by atoms with Crippen LogP contribution in [0.2, 0.25) is 5.15 Å². The standard InChI is InChI=1S/C19H16ClN3O2/c1-10-8-15-16(9-11(10)2)23-18(20)17(22-15)19(25)21-14-6-4-13(5-7-14)12(3)24/h4-9H,1-3H3,(H,21,25). The number of hydrogen-bond donors (Lipinski definition) is 1. The topological polar surface area (TPSA) is 72.0 Å². The molecule has 3 aromatic rings. The molecule has 1 aromatic heterocycles. The Labute approximate surface area is 150 Å². The van der Waals surface area contributed by atoms with Gasteiger partial charge in [0.2, 0.25) is 0 Å². The van der Waals surface area contributed by atoms with Crippen molar-refractivity contribution in [3.63, 3.8) is 0 Å². The lowest BCUT2D eigenvalue weighted by Crippen LogP contribution is -2.15. The zero-order chi connectivity index (χ0) is 18.1. The van der Waals surface area contributed by atoms with Gasteiger partial charge in [-0.3, -0.25) is 9.59 Å². The van der Waals surface area contributed by atoms with Crippen LogP contribution in [0.1, 0.15) is 38.9 Å². The summed E-state index contributed by atoms with van der Waals surface area (Å²) in [6, 6.07) is 10.4. The number of nitrogens with zero attached hydrogens (tertiary/aromatic N) is 2. The van der Waals surface area contributed by atoms with Gasteiger partial charge in [0, 0.05) is 11.3 Å². The molecule has 25 heavy (non-hydrogen) atoms. The van der Waals surface area contributed by atoms with Crippen LogP contribution in [0.25, 0.3) is 11.0 Å². The first-order valence-electron chi connectivity index (χ1n) is 7.72. The molecule has 0 aliphatic heterocycles. The number of nitrogens with one attached hydrogen (secondary N) is 1. The molecular formula is C19H16ClN3O2. The van der Waals surface area contributed by atoms with Crippen molar-refractivity contribution in [3.05, 3.63) is 63.9 Å². The third kappa shape index (κ3) is 3.51. The van der Waals surface area contributed by atoms with Crippen LogP contribution in [-0.4, -0.2) is 21.7 Å². The monoisotopic (exact) mass is 353 g/mol. The number of carbonyl (C=O) groups is 2. The second-order valence-corrected chi connectivity index (χ2v) is 6.23. The van der Waals surface area contributed by atoms with Gasteiger partial charge >= 0.3 is 0 Å². The fraction of sp³-hybridized carbons (Fsp3) is 0.158. The molecule has 0 fully saturated rings. The number of ketones is 1. The maximum absolute atomic E-state index is 12.5. The molecule has 0 saturated carbocycles. The van der Waals surface area contributed by atoms with Crippen LogP contribution in [-0.2, 0) is 0 Å². The quantitative estimate of drug-likeness (QED) is 0.710. The van der Waals surface area contributed by atoms with Crippen LogP contribution in [0, 0.1) is 13.8 Å². The van der Waals surface area contributed by atoms with Gasteiger partial charge in [-0.2, -0.15) is 0 Å². The Hall–Kier alpha value is -2.79. The van der Waals surface area contributed by atoms with Gasteiger partial charge < -0.3 is 5.32 Å². The highest BCUT2D eigenvalue weighted by Gasteiger charge is 2.16. The SMILES string of the molecule is CC(=O)c1ccc(NC(=O)c2nc3cc(C)c(C)cc3nc2Cl)cc1. The van der Waals surface area contributed by atoms with Crippen LogP contribution in [0.3, 0.4) is 0 Å². The zero-order valence-corrected chi connectivity index (χ0v) is 14.8. The van der Waals surface area contributed by atoms with Crippen molar-refractivity contribution < 1.29 is 9.59 Å². The molecule has 0 saturated heterocycles. The van der Waals surface area contributed by atoms with Crippen molar-refractivity contribution in [1.82, 2.24) is 9.97 Å². The van der Waals surface area contributed by atoms with E-state index in [0.717, 1.165) is 11.1 Å². The van der Waals surface area contributed by atoms with Crippen molar-refractivity contribution in [2.24, 2.45) is 0 Å². The minimum Gasteiger partial charge on any atom is -0.321 e. The number of fused-ring (bicyclic) bond motifs is 1. The zero-order valence-electron chi connectivity index (χ0n) is 14.1. The molecule has 1 heterocycles. The number of amides is 1. The van der Waals surface area contributed by atoms with Crippen molar-refractivity contribution >= 4 is 40.0 Å². The molecule has 0 unspecified atom stereocenters. The number of halogens is 1. The molecule has 126 valence electrons. The summed E-state index contributed by atoms with van der Waals surface area (Å²) >= 11 is 6.14. The summed E-state index contributed by atoms with van der Waals surface area (Å²) in [5, 5.41) is 2.77. The maximum Gasteiger partial charge on any atom is 0.277 e. The predicted molar refractivity (Wildman–Crippen MR) is 98.4 cm³/mol. The molecule has 0 spiro atoms. The molecule has 2 aromatic carbocycles. The Morgan fingerprint density at radius 2 is 1.52 bits per heavy atom. The summed E-state index contributed by atoms with van der Waals surface area (Å²) < 4.78 is 0. The van der Waals surface area contributed by atoms with Crippen molar-refractivity contribution in [2.75, 3.05) is 5.32 Å². The van der Waals surface area contributed by atoms with Gasteiger partial charge in [0.05, 0.1) is 11.0 Å². The first-order chi connectivity index (χ1) is 11.8. The minimum absolute atomic E-state index is 0.0352. The number of Topliss-reactive ketones (excluding diaryl/α,β-unsaturated/α-hetero) is 1. The Morgan fingerprint density at radius 1 is 0.960 bits per heavy atom. The van der Waals surface area contributed by atoms with E-state index in [1.54, 1.807) is 24.3 Å². The third-order valence-electron chi connectivity index (χ3n) is 4.00. The lowest BCUT2D eigenvalue weighted by atomic mass is 10.1. The van der Waals surface area contributed by atoms with E-state index >= 15 is 0 Å². The molecule has 0 radical (unpaired) electrons. The lowest BCUT2D eigenvalue weighted by molar-refractivity contribution is 0.101. The van der Waals surface area contributed by atoms with E-state index in [1.165, 1.54) is 6.92 Å². The predicted octanol–water partition coefficient (Wildman–Crippen LogP) is 4.35. The smallest absolute Gasteiger partial charge is 0.277 e. The molecular weight excluding hydrogens is 338 g/mol. The van der Waals surface area contributed by atoms with Gasteiger partial charge in [0.15, 0.2) is 16.6 Å². The summed E-state index contributed by atoms with van der Waals surface area (Å²) in [5.41, 5.74) is 4.60. The number of anilines is 1. The molecule has 0 aliphatic rings. The number of aromatic nitrogens is 2. The van der Waals surface area contributed by atoms with Crippen LogP contribution in [0.15, 0.2) is 36.4 Å². The van der Waals surface area contributed by atoms with E-state index in [9.17, 15) is 9.59 Å². The van der Waals surface area contributed by atoms with Crippen LogP contribution >= 0.6 is 11.6 Å². The number of aryl methyl sites for hydroxylation is 2. The summed E-state index contributed by atoms with van der Waals surface area (Å²) in [5.74, 6) is -0.486. The Bertz CT molecular complexity index is 998. The molecule has 3 rings (SSSR count). The highest BCUT2D eigenvalue weighted by Crippen LogP contribution is 2.21. The average molecular weight is 354 g/mol. The molecule has 5 nitrogen and oxygen atoms in total. The summed E-state index contributed by atoms with van der Waals surface area (Å²) in [4.78, 5) is 32.4. The van der Waals surface area contributed by atoms with E-state index < -0.39 is 5.91 Å². The average Bonchev–Trinajstić information content (AvgIpc) is 2.56. The number of rotatable bonds is 3. The van der Waals surface area contributed by atoms with E-state index in [2.05, 4.69) is 15.3 Å². The highest BCUT2D eigenvalue weighted by molar-refractivity contribution is 6.33. The second kappa shape index (κ2) is 6.61. The van der Waals surface area contributed by atoms with Gasteiger partial charge in [0.1, 0.15) is 0 Å². The van der Waals surface area contributed by atoms with Crippen LogP contribution in [0.4, 0.5) is 5.69 Å². The van der Waals surface area contributed by atoms with Gasteiger partial charge in [-0.05, 0) is 68.3 Å². The fourth-order valence-electron chi connectivity index (χ4n) is 2.41. The summed E-state index contributed by atoms with van der Waals surface area (Å²) in [6.07, 6.45) is 0. The Morgan fingerprint density at radius 3 is 2.08 bits per heavy atom. The van der Waals surface area contributed by atoms with Gasteiger partial charge in [-0.15, -0.1) is 0 Å².